The third-order valence-corrected chi connectivity index (χ3v) is 4.95. The van der Waals surface area contributed by atoms with Crippen LogP contribution in [0.4, 0.5) is 11.6 Å². The zero-order valence-electron chi connectivity index (χ0n) is 16.2. The Labute approximate surface area is 168 Å². The highest BCUT2D eigenvalue weighted by Crippen LogP contribution is 2.17. The minimum atomic E-state index is -0.129. The molecule has 0 unspecified atom stereocenters. The molecule has 0 atom stereocenters. The monoisotopic (exact) mass is 390 g/mol. The van der Waals surface area contributed by atoms with Gasteiger partial charge in [0.25, 0.3) is 0 Å². The van der Waals surface area contributed by atoms with Gasteiger partial charge in [0.15, 0.2) is 5.78 Å². The van der Waals surface area contributed by atoms with E-state index in [-0.39, 0.29) is 18.2 Å². The van der Waals surface area contributed by atoms with E-state index in [1.54, 1.807) is 24.3 Å². The molecule has 1 saturated heterocycles. The predicted octanol–water partition coefficient (Wildman–Crippen LogP) is 1.99. The summed E-state index contributed by atoms with van der Waals surface area (Å²) in [6.45, 7) is 4.65. The van der Waals surface area contributed by atoms with Gasteiger partial charge < -0.3 is 10.2 Å². The van der Waals surface area contributed by atoms with Crippen molar-refractivity contribution in [2.24, 2.45) is 0 Å². The molecule has 1 aliphatic heterocycles. The van der Waals surface area contributed by atoms with Crippen molar-refractivity contribution < 1.29 is 9.59 Å². The Morgan fingerprint density at radius 2 is 1.62 bits per heavy atom. The van der Waals surface area contributed by atoms with Gasteiger partial charge in [0.05, 0.1) is 17.7 Å². The molecule has 0 bridgehead atoms. The molecule has 2 heterocycles. The first-order chi connectivity index (χ1) is 14.1. The molecule has 1 aromatic heterocycles. The average molecular weight is 390 g/mol. The van der Waals surface area contributed by atoms with E-state index in [1.807, 2.05) is 24.3 Å². The van der Waals surface area contributed by atoms with E-state index in [1.165, 1.54) is 6.92 Å². The maximum Gasteiger partial charge on any atom is 0.246 e. The van der Waals surface area contributed by atoms with Gasteiger partial charge in [-0.2, -0.15) is 0 Å². The molecule has 2 aromatic carbocycles. The van der Waals surface area contributed by atoms with E-state index in [0.717, 1.165) is 37.2 Å². The number of aromatic nitrogens is 3. The second-order valence-electron chi connectivity index (χ2n) is 7.01. The van der Waals surface area contributed by atoms with Crippen LogP contribution in [0.15, 0.2) is 48.5 Å². The quantitative estimate of drug-likeness (QED) is 0.666. The Hall–Kier alpha value is -3.39. The van der Waals surface area contributed by atoms with Crippen molar-refractivity contribution in [3.8, 4) is 0 Å². The number of para-hydroxylation sites is 2. The lowest BCUT2D eigenvalue weighted by atomic mass is 10.1. The molecular weight excluding hydrogens is 368 g/mol. The predicted molar refractivity (Wildman–Crippen MR) is 111 cm³/mol. The number of hydrogen-bond acceptors (Lipinski definition) is 7. The Balaban J connectivity index is 1.34. The molecule has 148 valence electrons. The number of ketones is 1. The normalized spacial score (nSPS) is 14.7. The van der Waals surface area contributed by atoms with Gasteiger partial charge in [-0.3, -0.25) is 14.5 Å². The molecule has 4 rings (SSSR count). The molecular formula is C21H22N6O2. The molecule has 1 fully saturated rings. The van der Waals surface area contributed by atoms with Crippen molar-refractivity contribution in [2.75, 3.05) is 42.9 Å². The minimum Gasteiger partial charge on any atom is -0.337 e. The number of anilines is 2. The van der Waals surface area contributed by atoms with Crippen LogP contribution in [0.1, 0.15) is 17.3 Å². The standard InChI is InChI=1S/C21H22N6O2/c1-15(28)16-6-2-3-7-17(16)22-20(29)14-26-10-12-27(13-11-26)21-23-18-8-4-5-9-19(18)24-25-21/h2-9H,10-14H2,1H3,(H,22,29). The van der Waals surface area contributed by atoms with Crippen LogP contribution in [0.3, 0.4) is 0 Å². The zero-order chi connectivity index (χ0) is 20.2. The number of piperazine rings is 1. The van der Waals surface area contributed by atoms with E-state index in [2.05, 4.69) is 30.3 Å². The van der Waals surface area contributed by atoms with Crippen LogP contribution in [0, 0.1) is 0 Å². The zero-order valence-corrected chi connectivity index (χ0v) is 16.2. The topological polar surface area (TPSA) is 91.3 Å². The van der Waals surface area contributed by atoms with Gasteiger partial charge in [-0.05, 0) is 31.2 Å². The van der Waals surface area contributed by atoms with Crippen LogP contribution in [-0.4, -0.2) is 64.5 Å². The maximum absolute atomic E-state index is 12.4. The summed E-state index contributed by atoms with van der Waals surface area (Å²) in [6, 6.07) is 14.7. The van der Waals surface area contributed by atoms with Crippen LogP contribution in [0.25, 0.3) is 11.0 Å². The molecule has 1 aliphatic rings. The summed E-state index contributed by atoms with van der Waals surface area (Å²) in [4.78, 5) is 32.9. The number of carbonyl (C=O) groups is 2. The molecule has 1 amide bonds. The number of fused-ring (bicyclic) bond motifs is 1. The SMILES string of the molecule is CC(=O)c1ccccc1NC(=O)CN1CCN(c2nnc3ccccc3n2)CC1. The molecule has 0 saturated carbocycles. The van der Waals surface area contributed by atoms with Crippen LogP contribution >= 0.6 is 0 Å². The number of Topliss-reactive ketones (excluding diaryl/α,β-unsaturated/α-hetero) is 1. The lowest BCUT2D eigenvalue weighted by Gasteiger charge is -2.34. The van der Waals surface area contributed by atoms with Gasteiger partial charge in [-0.15, -0.1) is 10.2 Å². The van der Waals surface area contributed by atoms with Gasteiger partial charge in [0, 0.05) is 31.7 Å². The van der Waals surface area contributed by atoms with E-state index < -0.39 is 0 Å². The number of nitrogens with zero attached hydrogens (tertiary/aromatic N) is 5. The molecule has 0 aliphatic carbocycles. The number of amides is 1. The minimum absolute atomic E-state index is 0.0708. The summed E-state index contributed by atoms with van der Waals surface area (Å²) in [5.74, 6) is 0.414. The molecule has 8 nitrogen and oxygen atoms in total. The van der Waals surface area contributed by atoms with Crippen LogP contribution in [0.5, 0.6) is 0 Å². The highest BCUT2D eigenvalue weighted by atomic mass is 16.2. The molecule has 0 spiro atoms. The van der Waals surface area contributed by atoms with Crippen LogP contribution in [0.2, 0.25) is 0 Å². The average Bonchev–Trinajstić information content (AvgIpc) is 2.74. The third kappa shape index (κ3) is 4.38. The largest absolute Gasteiger partial charge is 0.337 e. The second-order valence-corrected chi connectivity index (χ2v) is 7.01. The first kappa shape index (κ1) is 18.9. The lowest BCUT2D eigenvalue weighted by Crippen LogP contribution is -2.49. The number of rotatable bonds is 5. The fraction of sp³-hybridized carbons (Fsp3) is 0.286. The lowest BCUT2D eigenvalue weighted by molar-refractivity contribution is -0.117. The number of benzene rings is 2. The van der Waals surface area contributed by atoms with Gasteiger partial charge >= 0.3 is 0 Å². The highest BCUT2D eigenvalue weighted by molar-refractivity contribution is 6.04. The Morgan fingerprint density at radius 3 is 2.38 bits per heavy atom. The first-order valence-electron chi connectivity index (χ1n) is 9.57. The summed E-state index contributed by atoms with van der Waals surface area (Å²) in [5.41, 5.74) is 2.67. The number of carbonyl (C=O) groups excluding carboxylic acids is 2. The van der Waals surface area contributed by atoms with Gasteiger partial charge in [-0.25, -0.2) is 4.98 Å². The van der Waals surface area contributed by atoms with Gasteiger partial charge in [0.1, 0.15) is 5.52 Å². The molecule has 29 heavy (non-hydrogen) atoms. The van der Waals surface area contributed by atoms with Crippen molar-refractivity contribution in [2.45, 2.75) is 6.92 Å². The van der Waals surface area contributed by atoms with E-state index >= 15 is 0 Å². The molecule has 1 N–H and O–H groups in total. The van der Waals surface area contributed by atoms with Crippen molar-refractivity contribution in [1.82, 2.24) is 20.1 Å². The van der Waals surface area contributed by atoms with E-state index in [0.29, 0.717) is 17.2 Å². The Bertz CT molecular complexity index is 1050. The summed E-state index contributed by atoms with van der Waals surface area (Å²) >= 11 is 0. The molecule has 8 heteroatoms. The first-order valence-corrected chi connectivity index (χ1v) is 9.57. The van der Waals surface area contributed by atoms with Crippen LogP contribution < -0.4 is 10.2 Å². The number of nitrogens with one attached hydrogen (secondary N) is 1. The van der Waals surface area contributed by atoms with Crippen molar-refractivity contribution in [1.29, 1.82) is 0 Å². The van der Waals surface area contributed by atoms with E-state index in [4.69, 9.17) is 0 Å². The van der Waals surface area contributed by atoms with Gasteiger partial charge in [0.2, 0.25) is 11.9 Å². The second kappa shape index (κ2) is 8.32. The summed E-state index contributed by atoms with van der Waals surface area (Å²) in [6.07, 6.45) is 0. The fourth-order valence-electron chi connectivity index (χ4n) is 3.40. The van der Waals surface area contributed by atoms with Crippen molar-refractivity contribution >= 4 is 34.4 Å². The summed E-state index contributed by atoms with van der Waals surface area (Å²) < 4.78 is 0. The summed E-state index contributed by atoms with van der Waals surface area (Å²) in [7, 11) is 0. The molecule has 3 aromatic rings. The maximum atomic E-state index is 12.4. The fourth-order valence-corrected chi connectivity index (χ4v) is 3.40. The van der Waals surface area contributed by atoms with E-state index in [9.17, 15) is 9.59 Å². The smallest absolute Gasteiger partial charge is 0.246 e. The Kier molecular flexibility index (Phi) is 5.44. The van der Waals surface area contributed by atoms with Crippen LogP contribution in [-0.2, 0) is 4.79 Å². The summed E-state index contributed by atoms with van der Waals surface area (Å²) in [5, 5.41) is 11.3. The van der Waals surface area contributed by atoms with Crippen molar-refractivity contribution in [3.05, 3.63) is 54.1 Å². The highest BCUT2D eigenvalue weighted by Gasteiger charge is 2.21. The Morgan fingerprint density at radius 1 is 0.931 bits per heavy atom. The van der Waals surface area contributed by atoms with Crippen molar-refractivity contribution in [3.63, 3.8) is 0 Å². The number of hydrogen-bond donors (Lipinski definition) is 1. The van der Waals surface area contributed by atoms with Gasteiger partial charge in [-0.1, -0.05) is 24.3 Å². The molecule has 0 radical (unpaired) electrons. The third-order valence-electron chi connectivity index (χ3n) is 4.95.